The molecule has 0 radical (unpaired) electrons. The molecular weight excluding hydrogens is 314 g/mol. The van der Waals surface area contributed by atoms with E-state index >= 15 is 0 Å². The molecule has 1 fully saturated rings. The Morgan fingerprint density at radius 2 is 1.84 bits per heavy atom. The molecule has 0 aromatic carbocycles. The van der Waals surface area contributed by atoms with Crippen molar-refractivity contribution in [1.82, 2.24) is 24.9 Å². The number of piperidine rings is 1. The summed E-state index contributed by atoms with van der Waals surface area (Å²) in [6.07, 6.45) is 12.7. The third-order valence-corrected chi connectivity index (χ3v) is 4.33. The van der Waals surface area contributed by atoms with Gasteiger partial charge in [0.1, 0.15) is 11.6 Å². The first-order chi connectivity index (χ1) is 12.4. The highest BCUT2D eigenvalue weighted by Crippen LogP contribution is 2.29. The minimum absolute atomic E-state index is 0.433. The maximum Gasteiger partial charge on any atom is 0.225 e. The summed E-state index contributed by atoms with van der Waals surface area (Å²) in [5.41, 5.74) is 1.27. The molecule has 0 bridgehead atoms. The van der Waals surface area contributed by atoms with Crippen molar-refractivity contribution in [2.75, 3.05) is 23.3 Å². The summed E-state index contributed by atoms with van der Waals surface area (Å²) in [7, 11) is 0. The van der Waals surface area contributed by atoms with Crippen LogP contribution in [0, 0.1) is 0 Å². The van der Waals surface area contributed by atoms with E-state index in [1.54, 1.807) is 31.0 Å². The van der Waals surface area contributed by atoms with Gasteiger partial charge >= 0.3 is 0 Å². The molecule has 4 heterocycles. The van der Waals surface area contributed by atoms with Crippen molar-refractivity contribution in [3.8, 4) is 0 Å². The van der Waals surface area contributed by atoms with Crippen molar-refractivity contribution in [3.63, 3.8) is 0 Å². The van der Waals surface area contributed by atoms with E-state index in [1.165, 1.54) is 5.56 Å². The highest BCUT2D eigenvalue weighted by molar-refractivity contribution is 5.51. The van der Waals surface area contributed by atoms with E-state index in [9.17, 15) is 0 Å². The number of pyridine rings is 1. The summed E-state index contributed by atoms with van der Waals surface area (Å²) in [6.45, 7) is 1.91. The Bertz CT molecular complexity index is 810. The van der Waals surface area contributed by atoms with Crippen molar-refractivity contribution in [1.29, 1.82) is 0 Å². The van der Waals surface area contributed by atoms with Crippen LogP contribution in [0.5, 0.6) is 0 Å². The van der Waals surface area contributed by atoms with E-state index < -0.39 is 0 Å². The fraction of sp³-hybridized carbons (Fsp3) is 0.278. The topological polar surface area (TPSA) is 79.7 Å². The zero-order valence-electron chi connectivity index (χ0n) is 13.8. The molecule has 4 rings (SSSR count). The lowest BCUT2D eigenvalue weighted by Crippen LogP contribution is -2.35. The van der Waals surface area contributed by atoms with E-state index in [1.807, 2.05) is 12.3 Å². The second-order valence-corrected chi connectivity index (χ2v) is 6.02. The SMILES string of the molecule is c1cnc(N2CCC[C@H](c3ccnc(Nc4cnccn4)c3)C2)nc1. The smallest absolute Gasteiger partial charge is 0.225 e. The summed E-state index contributed by atoms with van der Waals surface area (Å²) in [4.78, 5) is 23.7. The van der Waals surface area contributed by atoms with Gasteiger partial charge in [0.15, 0.2) is 0 Å². The summed E-state index contributed by atoms with van der Waals surface area (Å²) >= 11 is 0. The Labute approximate surface area is 146 Å². The van der Waals surface area contributed by atoms with Crippen LogP contribution in [0.2, 0.25) is 0 Å². The molecule has 1 saturated heterocycles. The van der Waals surface area contributed by atoms with Gasteiger partial charge in [0, 0.05) is 50.0 Å². The number of hydrogen-bond acceptors (Lipinski definition) is 7. The molecular formula is C18H19N7. The third kappa shape index (κ3) is 3.71. The first-order valence-corrected chi connectivity index (χ1v) is 8.39. The molecule has 0 spiro atoms. The average molecular weight is 333 g/mol. The van der Waals surface area contributed by atoms with Gasteiger partial charge in [-0.3, -0.25) is 4.98 Å². The Kier molecular flexibility index (Phi) is 4.45. The summed E-state index contributed by atoms with van der Waals surface area (Å²) in [5.74, 6) is 2.71. The normalized spacial score (nSPS) is 17.3. The van der Waals surface area contributed by atoms with Gasteiger partial charge in [0.2, 0.25) is 5.95 Å². The van der Waals surface area contributed by atoms with Crippen LogP contribution in [-0.4, -0.2) is 38.0 Å². The molecule has 1 aliphatic heterocycles. The third-order valence-electron chi connectivity index (χ3n) is 4.33. The van der Waals surface area contributed by atoms with Crippen molar-refractivity contribution in [3.05, 3.63) is 60.9 Å². The lowest BCUT2D eigenvalue weighted by atomic mass is 9.91. The number of rotatable bonds is 4. The van der Waals surface area contributed by atoms with Crippen LogP contribution in [0.1, 0.15) is 24.3 Å². The molecule has 3 aromatic heterocycles. The van der Waals surface area contributed by atoms with Gasteiger partial charge in [-0.2, -0.15) is 0 Å². The van der Waals surface area contributed by atoms with E-state index in [2.05, 4.69) is 47.3 Å². The molecule has 0 amide bonds. The summed E-state index contributed by atoms with van der Waals surface area (Å²) in [6, 6.07) is 6.02. The molecule has 7 nitrogen and oxygen atoms in total. The number of aromatic nitrogens is 5. The van der Waals surface area contributed by atoms with Crippen LogP contribution < -0.4 is 10.2 Å². The fourth-order valence-corrected chi connectivity index (χ4v) is 3.15. The molecule has 126 valence electrons. The molecule has 7 heteroatoms. The van der Waals surface area contributed by atoms with Gasteiger partial charge in [0.25, 0.3) is 0 Å². The van der Waals surface area contributed by atoms with Crippen molar-refractivity contribution < 1.29 is 0 Å². The predicted octanol–water partition coefficient (Wildman–Crippen LogP) is 2.79. The van der Waals surface area contributed by atoms with Crippen LogP contribution in [0.25, 0.3) is 0 Å². The maximum absolute atomic E-state index is 4.39. The standard InChI is InChI=1S/C18H19N7/c1-3-15(13-25(10-1)18-22-5-2-6-23-18)14-4-7-20-16(11-14)24-17-12-19-8-9-21-17/h2,4-9,11-12,15H,1,3,10,13H2,(H,20,21,24)/t15-/m0/s1. The van der Waals surface area contributed by atoms with Crippen molar-refractivity contribution in [2.24, 2.45) is 0 Å². The van der Waals surface area contributed by atoms with Crippen LogP contribution >= 0.6 is 0 Å². The minimum atomic E-state index is 0.433. The molecule has 1 atom stereocenters. The largest absolute Gasteiger partial charge is 0.340 e. The molecule has 1 aliphatic rings. The quantitative estimate of drug-likeness (QED) is 0.786. The number of nitrogens with zero attached hydrogens (tertiary/aromatic N) is 6. The highest BCUT2D eigenvalue weighted by atomic mass is 15.2. The molecule has 0 unspecified atom stereocenters. The van der Waals surface area contributed by atoms with Gasteiger partial charge in [-0.25, -0.2) is 19.9 Å². The van der Waals surface area contributed by atoms with E-state index in [0.29, 0.717) is 11.7 Å². The maximum atomic E-state index is 4.39. The van der Waals surface area contributed by atoms with E-state index in [4.69, 9.17) is 0 Å². The zero-order valence-corrected chi connectivity index (χ0v) is 13.8. The lowest BCUT2D eigenvalue weighted by molar-refractivity contribution is 0.503. The Morgan fingerprint density at radius 3 is 2.68 bits per heavy atom. The minimum Gasteiger partial charge on any atom is -0.340 e. The van der Waals surface area contributed by atoms with Crippen molar-refractivity contribution >= 4 is 17.6 Å². The van der Waals surface area contributed by atoms with Crippen LogP contribution in [0.4, 0.5) is 17.6 Å². The highest BCUT2D eigenvalue weighted by Gasteiger charge is 2.23. The van der Waals surface area contributed by atoms with Crippen molar-refractivity contribution in [2.45, 2.75) is 18.8 Å². The number of anilines is 3. The monoisotopic (exact) mass is 333 g/mol. The number of hydrogen-bond donors (Lipinski definition) is 1. The summed E-state index contributed by atoms with van der Waals surface area (Å²) < 4.78 is 0. The first kappa shape index (κ1) is 15.4. The lowest BCUT2D eigenvalue weighted by Gasteiger charge is -2.33. The van der Waals surface area contributed by atoms with E-state index in [-0.39, 0.29) is 0 Å². The molecule has 0 aliphatic carbocycles. The average Bonchev–Trinajstić information content (AvgIpc) is 2.70. The molecule has 25 heavy (non-hydrogen) atoms. The van der Waals surface area contributed by atoms with Crippen LogP contribution in [-0.2, 0) is 0 Å². The Balaban J connectivity index is 1.50. The Hall–Kier alpha value is -3.09. The zero-order chi connectivity index (χ0) is 16.9. The van der Waals surface area contributed by atoms with Gasteiger partial charge in [-0.1, -0.05) is 0 Å². The van der Waals surface area contributed by atoms with E-state index in [0.717, 1.165) is 37.7 Å². The second-order valence-electron chi connectivity index (χ2n) is 6.02. The molecule has 1 N–H and O–H groups in total. The predicted molar refractivity (Wildman–Crippen MR) is 95.8 cm³/mol. The summed E-state index contributed by atoms with van der Waals surface area (Å²) in [5, 5.41) is 3.20. The molecule has 0 saturated carbocycles. The Morgan fingerprint density at radius 1 is 0.960 bits per heavy atom. The van der Waals surface area contributed by atoms with Gasteiger partial charge in [-0.05, 0) is 36.6 Å². The van der Waals surface area contributed by atoms with Gasteiger partial charge in [-0.15, -0.1) is 0 Å². The van der Waals surface area contributed by atoms with Crippen LogP contribution in [0.15, 0.2) is 55.4 Å². The second kappa shape index (κ2) is 7.21. The first-order valence-electron chi connectivity index (χ1n) is 8.39. The fourth-order valence-electron chi connectivity index (χ4n) is 3.15. The van der Waals surface area contributed by atoms with Gasteiger partial charge in [0.05, 0.1) is 6.20 Å². The van der Waals surface area contributed by atoms with Crippen LogP contribution in [0.3, 0.4) is 0 Å². The van der Waals surface area contributed by atoms with Gasteiger partial charge < -0.3 is 10.2 Å². The number of nitrogens with one attached hydrogen (secondary N) is 1. The molecule has 3 aromatic rings.